The maximum Gasteiger partial charge on any atom is 0.258 e. The van der Waals surface area contributed by atoms with Gasteiger partial charge in [0.1, 0.15) is 5.82 Å². The average Bonchev–Trinajstić information content (AvgIpc) is 2.74. The molecule has 1 saturated heterocycles. The highest BCUT2D eigenvalue weighted by Gasteiger charge is 2.24. The number of rotatable bonds is 7. The Bertz CT molecular complexity index is 833. The predicted molar refractivity (Wildman–Crippen MR) is 107 cm³/mol. The summed E-state index contributed by atoms with van der Waals surface area (Å²) in [4.78, 5) is 26.4. The number of nitrogens with one attached hydrogen (secondary N) is 1. The number of benzene rings is 2. The second-order valence-electron chi connectivity index (χ2n) is 6.81. The van der Waals surface area contributed by atoms with Crippen molar-refractivity contribution in [2.45, 2.75) is 25.8 Å². The summed E-state index contributed by atoms with van der Waals surface area (Å²) in [5.74, 6) is 0.443. The van der Waals surface area contributed by atoms with Crippen LogP contribution in [0.4, 0.5) is 4.39 Å². The molecule has 0 saturated carbocycles. The summed E-state index contributed by atoms with van der Waals surface area (Å²) < 4.78 is 24.1. The molecule has 1 fully saturated rings. The van der Waals surface area contributed by atoms with Crippen LogP contribution in [0.2, 0.25) is 0 Å². The van der Waals surface area contributed by atoms with E-state index in [1.807, 2.05) is 19.1 Å². The van der Waals surface area contributed by atoms with Crippen molar-refractivity contribution in [2.75, 3.05) is 26.3 Å². The van der Waals surface area contributed by atoms with E-state index in [0.29, 0.717) is 49.6 Å². The molecule has 0 bridgehead atoms. The number of amides is 2. The molecule has 3 rings (SSSR count). The van der Waals surface area contributed by atoms with Crippen LogP contribution in [0.5, 0.6) is 11.5 Å². The molecule has 1 N–H and O–H groups in total. The molecule has 0 spiro atoms. The number of carbonyl (C=O) groups excluding carboxylic acids is 2. The molecule has 1 aliphatic rings. The van der Waals surface area contributed by atoms with Gasteiger partial charge in [0, 0.05) is 24.7 Å². The number of likely N-dealkylation sites (tertiary alicyclic amines) is 1. The van der Waals surface area contributed by atoms with E-state index in [-0.39, 0.29) is 30.3 Å². The molecule has 2 amide bonds. The number of ether oxygens (including phenoxy) is 2. The fourth-order valence-electron chi connectivity index (χ4n) is 3.26. The molecule has 7 heteroatoms. The van der Waals surface area contributed by atoms with Crippen molar-refractivity contribution >= 4 is 11.8 Å². The number of carbonyl (C=O) groups is 2. The van der Waals surface area contributed by atoms with E-state index in [4.69, 9.17) is 9.47 Å². The van der Waals surface area contributed by atoms with Crippen LogP contribution in [0.3, 0.4) is 0 Å². The van der Waals surface area contributed by atoms with Crippen LogP contribution >= 0.6 is 0 Å². The van der Waals surface area contributed by atoms with Gasteiger partial charge in [-0.1, -0.05) is 12.1 Å². The van der Waals surface area contributed by atoms with Gasteiger partial charge in [-0.2, -0.15) is 0 Å². The zero-order chi connectivity index (χ0) is 20.6. The molecule has 0 unspecified atom stereocenters. The number of hydrogen-bond acceptors (Lipinski definition) is 4. The number of halogens is 1. The summed E-state index contributed by atoms with van der Waals surface area (Å²) >= 11 is 0. The Morgan fingerprint density at radius 2 is 1.66 bits per heavy atom. The number of para-hydroxylation sites is 2. The molecule has 0 aliphatic carbocycles. The van der Waals surface area contributed by atoms with Gasteiger partial charge in [0.15, 0.2) is 18.1 Å². The van der Waals surface area contributed by atoms with E-state index < -0.39 is 0 Å². The summed E-state index contributed by atoms with van der Waals surface area (Å²) in [6, 6.07) is 12.8. The van der Waals surface area contributed by atoms with Crippen molar-refractivity contribution in [1.29, 1.82) is 0 Å². The van der Waals surface area contributed by atoms with Crippen molar-refractivity contribution in [3.8, 4) is 11.5 Å². The molecule has 2 aromatic rings. The largest absolute Gasteiger partial charge is 0.490 e. The van der Waals surface area contributed by atoms with Gasteiger partial charge < -0.3 is 19.7 Å². The van der Waals surface area contributed by atoms with E-state index in [2.05, 4.69) is 5.32 Å². The third-order valence-corrected chi connectivity index (χ3v) is 4.75. The maximum atomic E-state index is 13.0. The van der Waals surface area contributed by atoms with Crippen LogP contribution < -0.4 is 14.8 Å². The van der Waals surface area contributed by atoms with E-state index in [1.165, 1.54) is 24.3 Å². The normalized spacial score (nSPS) is 14.3. The Morgan fingerprint density at radius 1 is 1.03 bits per heavy atom. The highest BCUT2D eigenvalue weighted by molar-refractivity contribution is 5.94. The first-order valence-electron chi connectivity index (χ1n) is 9.75. The molecule has 1 aliphatic heterocycles. The standard InChI is InChI=1S/C22H25FN2O4/c1-2-28-19-5-3-4-6-20(19)29-15-21(26)24-18-11-13-25(14-12-18)22(27)16-7-9-17(23)10-8-16/h3-10,18H,2,11-15H2,1H3,(H,24,26). The highest BCUT2D eigenvalue weighted by Crippen LogP contribution is 2.26. The SMILES string of the molecule is CCOc1ccccc1OCC(=O)NC1CCN(C(=O)c2ccc(F)cc2)CC1. The van der Waals surface area contributed by atoms with Gasteiger partial charge >= 0.3 is 0 Å². The number of hydrogen-bond donors (Lipinski definition) is 1. The lowest BCUT2D eigenvalue weighted by atomic mass is 10.0. The van der Waals surface area contributed by atoms with E-state index >= 15 is 0 Å². The van der Waals surface area contributed by atoms with Gasteiger partial charge in [-0.25, -0.2) is 4.39 Å². The molecule has 0 atom stereocenters. The Labute approximate surface area is 169 Å². The van der Waals surface area contributed by atoms with Gasteiger partial charge in [-0.05, 0) is 56.2 Å². The number of piperidine rings is 1. The zero-order valence-electron chi connectivity index (χ0n) is 16.4. The Morgan fingerprint density at radius 3 is 2.28 bits per heavy atom. The first-order valence-corrected chi connectivity index (χ1v) is 9.75. The molecule has 0 radical (unpaired) electrons. The van der Waals surface area contributed by atoms with Crippen LogP contribution in [0.15, 0.2) is 48.5 Å². The van der Waals surface area contributed by atoms with Gasteiger partial charge in [0.05, 0.1) is 6.61 Å². The molecule has 2 aromatic carbocycles. The third kappa shape index (κ3) is 5.70. The molecule has 29 heavy (non-hydrogen) atoms. The lowest BCUT2D eigenvalue weighted by molar-refractivity contribution is -0.124. The van der Waals surface area contributed by atoms with Crippen molar-refractivity contribution in [1.82, 2.24) is 10.2 Å². The summed E-state index contributed by atoms with van der Waals surface area (Å²) in [6.07, 6.45) is 1.32. The fourth-order valence-corrected chi connectivity index (χ4v) is 3.26. The van der Waals surface area contributed by atoms with Gasteiger partial charge in [0.25, 0.3) is 11.8 Å². The Balaban J connectivity index is 1.44. The highest BCUT2D eigenvalue weighted by atomic mass is 19.1. The maximum absolute atomic E-state index is 13.0. The van der Waals surface area contributed by atoms with Crippen molar-refractivity contribution in [3.63, 3.8) is 0 Å². The monoisotopic (exact) mass is 400 g/mol. The third-order valence-electron chi connectivity index (χ3n) is 4.75. The summed E-state index contributed by atoms with van der Waals surface area (Å²) in [5, 5.41) is 2.95. The summed E-state index contributed by atoms with van der Waals surface area (Å²) in [6.45, 7) is 3.38. The van der Waals surface area contributed by atoms with Gasteiger partial charge in [-0.3, -0.25) is 9.59 Å². The minimum Gasteiger partial charge on any atom is -0.490 e. The first kappa shape index (κ1) is 20.6. The Hall–Kier alpha value is -3.09. The molecule has 6 nitrogen and oxygen atoms in total. The average molecular weight is 400 g/mol. The molecule has 1 heterocycles. The molecule has 154 valence electrons. The fraction of sp³-hybridized carbons (Fsp3) is 0.364. The van der Waals surface area contributed by atoms with Gasteiger partial charge in [-0.15, -0.1) is 0 Å². The second-order valence-corrected chi connectivity index (χ2v) is 6.81. The smallest absolute Gasteiger partial charge is 0.258 e. The quantitative estimate of drug-likeness (QED) is 0.776. The molecular weight excluding hydrogens is 375 g/mol. The van der Waals surface area contributed by atoms with Crippen LogP contribution in [-0.4, -0.2) is 49.1 Å². The minimum absolute atomic E-state index is 0.00879. The van der Waals surface area contributed by atoms with Crippen molar-refractivity contribution in [2.24, 2.45) is 0 Å². The summed E-state index contributed by atoms with van der Waals surface area (Å²) in [5.41, 5.74) is 0.468. The summed E-state index contributed by atoms with van der Waals surface area (Å²) in [7, 11) is 0. The van der Waals surface area contributed by atoms with Crippen molar-refractivity contribution in [3.05, 3.63) is 59.9 Å². The van der Waals surface area contributed by atoms with Crippen LogP contribution in [0.1, 0.15) is 30.1 Å². The van der Waals surface area contributed by atoms with E-state index in [1.54, 1.807) is 17.0 Å². The lowest BCUT2D eigenvalue weighted by Gasteiger charge is -2.32. The number of nitrogens with zero attached hydrogens (tertiary/aromatic N) is 1. The Kier molecular flexibility index (Phi) is 7.05. The van der Waals surface area contributed by atoms with Crippen LogP contribution in [0, 0.1) is 5.82 Å². The first-order chi connectivity index (χ1) is 14.1. The molecular formula is C22H25FN2O4. The van der Waals surface area contributed by atoms with Gasteiger partial charge in [0.2, 0.25) is 0 Å². The van der Waals surface area contributed by atoms with E-state index in [0.717, 1.165) is 0 Å². The van der Waals surface area contributed by atoms with Crippen LogP contribution in [-0.2, 0) is 4.79 Å². The molecule has 0 aromatic heterocycles. The van der Waals surface area contributed by atoms with E-state index in [9.17, 15) is 14.0 Å². The lowest BCUT2D eigenvalue weighted by Crippen LogP contribution is -2.47. The minimum atomic E-state index is -0.367. The van der Waals surface area contributed by atoms with Crippen LogP contribution in [0.25, 0.3) is 0 Å². The van der Waals surface area contributed by atoms with Crippen molar-refractivity contribution < 1.29 is 23.5 Å². The predicted octanol–water partition coefficient (Wildman–Crippen LogP) is 3.02. The second kappa shape index (κ2) is 9.91. The topological polar surface area (TPSA) is 67.9 Å². The zero-order valence-corrected chi connectivity index (χ0v) is 16.4.